The number of rotatable bonds is 19. The largest absolute Gasteiger partial charge is 0.497 e. The van der Waals surface area contributed by atoms with Crippen molar-refractivity contribution in [1.82, 2.24) is 4.67 Å². The zero-order valence-corrected chi connectivity index (χ0v) is 31.3. The van der Waals surface area contributed by atoms with E-state index in [9.17, 15) is 0 Å². The van der Waals surface area contributed by atoms with E-state index in [1.165, 1.54) is 16.7 Å². The van der Waals surface area contributed by atoms with E-state index in [4.69, 9.17) is 18.5 Å². The Kier molecular flexibility index (Phi) is 15.6. The second kappa shape index (κ2) is 18.6. The molecule has 0 aliphatic heterocycles. The van der Waals surface area contributed by atoms with Crippen LogP contribution in [0, 0.1) is 0 Å². The maximum Gasteiger partial charge on any atom is 0.259 e. The van der Waals surface area contributed by atoms with Crippen molar-refractivity contribution in [3.8, 4) is 11.5 Å². The molecule has 248 valence electrons. The van der Waals surface area contributed by atoms with E-state index in [2.05, 4.69) is 132 Å². The van der Waals surface area contributed by atoms with Crippen molar-refractivity contribution < 1.29 is 18.5 Å². The molecular formula is C37H54NO4PS2. The van der Waals surface area contributed by atoms with Crippen molar-refractivity contribution in [1.29, 1.82) is 0 Å². The maximum absolute atomic E-state index is 6.68. The fraction of sp³-hybridized carbons (Fsp3) is 0.514. The molecule has 0 bridgehead atoms. The predicted molar refractivity (Wildman–Crippen MR) is 197 cm³/mol. The molecule has 45 heavy (non-hydrogen) atoms. The van der Waals surface area contributed by atoms with Crippen LogP contribution in [0.2, 0.25) is 0 Å². The molecule has 0 aromatic heterocycles. The summed E-state index contributed by atoms with van der Waals surface area (Å²) in [6.07, 6.45) is 2.73. The number of benzene rings is 3. The summed E-state index contributed by atoms with van der Waals surface area (Å²) < 4.78 is 26.9. The van der Waals surface area contributed by atoms with Crippen LogP contribution in [0.5, 0.6) is 11.5 Å². The lowest BCUT2D eigenvalue weighted by molar-refractivity contribution is 0.171. The van der Waals surface area contributed by atoms with Crippen molar-refractivity contribution in [3.05, 3.63) is 95.6 Å². The Morgan fingerprint density at radius 3 is 1.58 bits per heavy atom. The molecule has 0 saturated carbocycles. The first-order valence-electron chi connectivity index (χ1n) is 16.0. The number of hydrogen-bond donors (Lipinski definition) is 0. The lowest BCUT2D eigenvalue weighted by Crippen LogP contribution is -2.34. The summed E-state index contributed by atoms with van der Waals surface area (Å²) in [7, 11) is 6.10. The minimum Gasteiger partial charge on any atom is -0.497 e. The minimum atomic E-state index is -1.19. The molecule has 5 nitrogen and oxygen atoms in total. The molecule has 0 heterocycles. The van der Waals surface area contributed by atoms with Gasteiger partial charge in [0, 0.05) is 28.0 Å². The Hall–Kier alpha value is -1.73. The van der Waals surface area contributed by atoms with Gasteiger partial charge in [0.1, 0.15) is 11.5 Å². The van der Waals surface area contributed by atoms with Crippen LogP contribution in [0.15, 0.2) is 78.9 Å². The number of ether oxygens (including phenoxy) is 2. The van der Waals surface area contributed by atoms with Gasteiger partial charge in [-0.05, 0) is 87.9 Å². The second-order valence-electron chi connectivity index (χ2n) is 12.7. The first-order chi connectivity index (χ1) is 21.5. The molecule has 0 spiro atoms. The summed E-state index contributed by atoms with van der Waals surface area (Å²) in [6, 6.07) is 28.5. The number of nitrogens with zero attached hydrogens (tertiary/aromatic N) is 1. The van der Waals surface area contributed by atoms with Crippen LogP contribution in [0.25, 0.3) is 0 Å². The normalized spacial score (nSPS) is 13.1. The molecule has 0 aliphatic rings. The summed E-state index contributed by atoms with van der Waals surface area (Å²) in [5, 5.41) is 0. The number of hydrogen-bond acceptors (Lipinski definition) is 7. The highest BCUT2D eigenvalue weighted by Crippen LogP contribution is 2.48. The first-order valence-corrected chi connectivity index (χ1v) is 19.5. The van der Waals surface area contributed by atoms with Crippen LogP contribution in [0.4, 0.5) is 0 Å². The van der Waals surface area contributed by atoms with Crippen molar-refractivity contribution in [3.63, 3.8) is 0 Å². The van der Waals surface area contributed by atoms with E-state index in [0.29, 0.717) is 25.3 Å². The lowest BCUT2D eigenvalue weighted by atomic mass is 9.67. The lowest BCUT2D eigenvalue weighted by Gasteiger charge is -2.37. The molecule has 1 unspecified atom stereocenters. The van der Waals surface area contributed by atoms with Crippen LogP contribution < -0.4 is 9.47 Å². The van der Waals surface area contributed by atoms with Gasteiger partial charge in [0.2, 0.25) is 0 Å². The smallest absolute Gasteiger partial charge is 0.259 e. The molecule has 0 fully saturated rings. The van der Waals surface area contributed by atoms with E-state index < -0.39 is 8.53 Å². The van der Waals surface area contributed by atoms with Gasteiger partial charge in [-0.1, -0.05) is 97.0 Å². The van der Waals surface area contributed by atoms with Gasteiger partial charge in [-0.25, -0.2) is 4.67 Å². The van der Waals surface area contributed by atoms with Crippen LogP contribution in [0.1, 0.15) is 84.4 Å². The monoisotopic (exact) mass is 671 g/mol. The van der Waals surface area contributed by atoms with Crippen LogP contribution in [-0.2, 0) is 14.5 Å². The average Bonchev–Trinajstić information content (AvgIpc) is 3.02. The van der Waals surface area contributed by atoms with Gasteiger partial charge < -0.3 is 18.5 Å². The van der Waals surface area contributed by atoms with Crippen molar-refractivity contribution >= 4 is 30.1 Å². The molecule has 8 heteroatoms. The topological polar surface area (TPSA) is 40.2 Å². The van der Waals surface area contributed by atoms with Crippen LogP contribution >= 0.6 is 30.1 Å². The third kappa shape index (κ3) is 11.2. The molecule has 3 rings (SSSR count). The van der Waals surface area contributed by atoms with Crippen molar-refractivity contribution in [2.45, 2.75) is 90.0 Å². The van der Waals surface area contributed by atoms with Gasteiger partial charge >= 0.3 is 0 Å². The molecule has 0 amide bonds. The van der Waals surface area contributed by atoms with Gasteiger partial charge in [-0.15, -0.1) is 0 Å². The van der Waals surface area contributed by atoms with Gasteiger partial charge in [-0.3, -0.25) is 0 Å². The SMILES string of the molecule is COc1ccc(C(CCCOP(OCCCSSC(C)(C)C)N(C(C)C)C(C)C)(c2ccccc2)c2ccc(OC)cc2)cc1. The van der Waals surface area contributed by atoms with Crippen molar-refractivity contribution in [2.24, 2.45) is 0 Å². The Balaban J connectivity index is 1.85. The molecule has 3 aromatic rings. The minimum absolute atomic E-state index is 0.264. The Labute approximate surface area is 282 Å². The van der Waals surface area contributed by atoms with E-state index in [0.717, 1.165) is 36.5 Å². The molecule has 3 aromatic carbocycles. The summed E-state index contributed by atoms with van der Waals surface area (Å²) >= 11 is 0. The highest BCUT2D eigenvalue weighted by molar-refractivity contribution is 8.77. The summed E-state index contributed by atoms with van der Waals surface area (Å²) in [5.41, 5.74) is 3.30. The van der Waals surface area contributed by atoms with Gasteiger partial charge in [-0.2, -0.15) is 0 Å². The van der Waals surface area contributed by atoms with Crippen LogP contribution in [-0.4, -0.2) is 54.7 Å². The zero-order chi connectivity index (χ0) is 32.9. The molecule has 0 radical (unpaired) electrons. The van der Waals surface area contributed by atoms with Gasteiger partial charge in [0.05, 0.1) is 27.4 Å². The molecule has 0 N–H and O–H groups in total. The zero-order valence-electron chi connectivity index (χ0n) is 28.7. The maximum atomic E-state index is 6.68. The fourth-order valence-corrected chi connectivity index (χ4v) is 9.51. The fourth-order valence-electron chi connectivity index (χ4n) is 5.51. The van der Waals surface area contributed by atoms with Gasteiger partial charge in [0.15, 0.2) is 0 Å². The highest BCUT2D eigenvalue weighted by atomic mass is 33.1. The first kappa shape index (κ1) is 37.7. The summed E-state index contributed by atoms with van der Waals surface area (Å²) in [5.74, 6) is 2.76. The summed E-state index contributed by atoms with van der Waals surface area (Å²) in [6.45, 7) is 17.0. The van der Waals surface area contributed by atoms with Crippen molar-refractivity contribution in [2.75, 3.05) is 33.2 Å². The van der Waals surface area contributed by atoms with Gasteiger partial charge in [0.25, 0.3) is 8.53 Å². The van der Waals surface area contributed by atoms with E-state index in [1.54, 1.807) is 14.2 Å². The average molecular weight is 672 g/mol. The van der Waals surface area contributed by atoms with E-state index in [1.807, 2.05) is 21.6 Å². The summed E-state index contributed by atoms with van der Waals surface area (Å²) in [4.78, 5) is 0. The Morgan fingerprint density at radius 1 is 0.667 bits per heavy atom. The number of methoxy groups -OCH3 is 2. The predicted octanol–water partition coefficient (Wildman–Crippen LogP) is 10.8. The molecule has 0 saturated heterocycles. The Bertz CT molecular complexity index is 1180. The Morgan fingerprint density at radius 2 is 1.13 bits per heavy atom. The molecule has 0 aliphatic carbocycles. The quantitative estimate of drug-likeness (QED) is 0.0544. The highest BCUT2D eigenvalue weighted by Gasteiger charge is 2.36. The van der Waals surface area contributed by atoms with E-state index >= 15 is 0 Å². The molecule has 1 atom stereocenters. The van der Waals surface area contributed by atoms with E-state index in [-0.39, 0.29) is 10.2 Å². The third-order valence-electron chi connectivity index (χ3n) is 7.46. The van der Waals surface area contributed by atoms with Crippen LogP contribution in [0.3, 0.4) is 0 Å². The third-order valence-corrected chi connectivity index (χ3v) is 13.0. The standard InChI is InChI=1S/C37H54NO4PS2/c1-29(2)38(30(3)4)43(42-27-14-28-44-45-36(5,6)7)41-26-13-25-37(31-15-11-10-12-16-31,32-17-21-34(39-8)22-18-32)33-19-23-35(40-9)24-20-33/h10-12,15-24,29-30H,13-14,25-28H2,1-9H3. The molecular weight excluding hydrogens is 618 g/mol. The second-order valence-corrected chi connectivity index (χ2v) is 17.4.